The van der Waals surface area contributed by atoms with Crippen LogP contribution in [-0.2, 0) is 19.1 Å². The Morgan fingerprint density at radius 2 is 1.83 bits per heavy atom. The van der Waals surface area contributed by atoms with Gasteiger partial charge in [0.1, 0.15) is 5.75 Å². The van der Waals surface area contributed by atoms with Crippen LogP contribution in [0.15, 0.2) is 48.5 Å². The van der Waals surface area contributed by atoms with Gasteiger partial charge in [0.2, 0.25) is 11.8 Å². The van der Waals surface area contributed by atoms with Crippen LogP contribution in [0.1, 0.15) is 18.4 Å². The average Bonchev–Trinajstić information content (AvgIpc) is 3.29. The maximum atomic E-state index is 12.6. The standard InChI is InChI=1S/C27H34N4O5/c1-20-5-2-3-6-24(20)29-25(32)19-36-23-9-7-22(8-10-23)31-18-21(17-26(31)33)27(34)28-11-4-12-30-13-15-35-16-14-30/h2-3,5-10,21H,4,11-19H2,1H3,(H,28,34)(H,29,32)/t21-/m0/s1. The van der Waals surface area contributed by atoms with Crippen LogP contribution in [0, 0.1) is 12.8 Å². The summed E-state index contributed by atoms with van der Waals surface area (Å²) in [5.41, 5.74) is 2.44. The molecule has 3 amide bonds. The summed E-state index contributed by atoms with van der Waals surface area (Å²) in [6.45, 7) is 7.10. The number of ether oxygens (including phenoxy) is 2. The van der Waals surface area contributed by atoms with E-state index in [9.17, 15) is 14.4 Å². The zero-order valence-corrected chi connectivity index (χ0v) is 20.7. The highest BCUT2D eigenvalue weighted by molar-refractivity contribution is 6.00. The fraction of sp³-hybridized carbons (Fsp3) is 0.444. The highest BCUT2D eigenvalue weighted by atomic mass is 16.5. The first-order valence-corrected chi connectivity index (χ1v) is 12.5. The van der Waals surface area contributed by atoms with E-state index >= 15 is 0 Å². The average molecular weight is 495 g/mol. The molecular weight excluding hydrogens is 460 g/mol. The SMILES string of the molecule is Cc1ccccc1NC(=O)COc1ccc(N2C[C@@H](C(=O)NCCCN3CCOCC3)CC2=O)cc1. The van der Waals surface area contributed by atoms with Gasteiger partial charge in [-0.1, -0.05) is 18.2 Å². The normalized spacial score (nSPS) is 18.2. The summed E-state index contributed by atoms with van der Waals surface area (Å²) in [5, 5.41) is 5.81. The number of amides is 3. The first kappa shape index (κ1) is 25.7. The van der Waals surface area contributed by atoms with Crippen LogP contribution in [0.2, 0.25) is 0 Å². The van der Waals surface area contributed by atoms with Crippen molar-refractivity contribution in [2.75, 3.05) is 62.8 Å². The topological polar surface area (TPSA) is 100 Å². The van der Waals surface area contributed by atoms with Crippen molar-refractivity contribution in [3.8, 4) is 5.75 Å². The van der Waals surface area contributed by atoms with Gasteiger partial charge in [0, 0.05) is 44.0 Å². The summed E-state index contributed by atoms with van der Waals surface area (Å²) in [7, 11) is 0. The molecule has 36 heavy (non-hydrogen) atoms. The second-order valence-electron chi connectivity index (χ2n) is 9.15. The number of morpholine rings is 1. The maximum Gasteiger partial charge on any atom is 0.262 e. The van der Waals surface area contributed by atoms with Crippen molar-refractivity contribution in [3.63, 3.8) is 0 Å². The van der Waals surface area contributed by atoms with E-state index in [1.54, 1.807) is 29.2 Å². The lowest BCUT2D eigenvalue weighted by molar-refractivity contribution is -0.126. The van der Waals surface area contributed by atoms with Gasteiger partial charge >= 0.3 is 0 Å². The Hall–Kier alpha value is -3.43. The Morgan fingerprint density at radius 3 is 2.58 bits per heavy atom. The van der Waals surface area contributed by atoms with Crippen molar-refractivity contribution in [2.45, 2.75) is 19.8 Å². The minimum atomic E-state index is -0.359. The molecule has 0 aromatic heterocycles. The third-order valence-electron chi connectivity index (χ3n) is 6.49. The number of aryl methyl sites for hydroxylation is 1. The summed E-state index contributed by atoms with van der Waals surface area (Å²) in [5.74, 6) is -0.231. The summed E-state index contributed by atoms with van der Waals surface area (Å²) >= 11 is 0. The lowest BCUT2D eigenvalue weighted by Crippen LogP contribution is -2.39. The van der Waals surface area contributed by atoms with Crippen LogP contribution in [0.4, 0.5) is 11.4 Å². The number of benzene rings is 2. The molecule has 2 saturated heterocycles. The number of para-hydroxylation sites is 1. The van der Waals surface area contributed by atoms with Crippen LogP contribution in [-0.4, -0.2) is 75.2 Å². The van der Waals surface area contributed by atoms with Crippen LogP contribution in [0.5, 0.6) is 5.75 Å². The summed E-state index contributed by atoms with van der Waals surface area (Å²) < 4.78 is 10.9. The molecule has 2 aromatic rings. The number of anilines is 2. The van der Waals surface area contributed by atoms with Crippen molar-refractivity contribution in [1.82, 2.24) is 10.2 Å². The summed E-state index contributed by atoms with van der Waals surface area (Å²) in [6, 6.07) is 14.5. The molecule has 9 nitrogen and oxygen atoms in total. The Kier molecular flexibility index (Phi) is 8.91. The molecule has 0 saturated carbocycles. The highest BCUT2D eigenvalue weighted by Gasteiger charge is 2.35. The number of carbonyl (C=O) groups excluding carboxylic acids is 3. The Bertz CT molecular complexity index is 1050. The number of hydrogen-bond donors (Lipinski definition) is 2. The van der Waals surface area contributed by atoms with Gasteiger partial charge in [-0.2, -0.15) is 0 Å². The summed E-state index contributed by atoms with van der Waals surface area (Å²) in [6.07, 6.45) is 1.08. The minimum Gasteiger partial charge on any atom is -0.484 e. The Balaban J connectivity index is 1.20. The van der Waals surface area contributed by atoms with Gasteiger partial charge in [0.05, 0.1) is 19.1 Å². The summed E-state index contributed by atoms with van der Waals surface area (Å²) in [4.78, 5) is 41.3. The zero-order chi connectivity index (χ0) is 25.3. The number of carbonyl (C=O) groups is 3. The molecule has 2 heterocycles. The molecule has 2 aromatic carbocycles. The van der Waals surface area contributed by atoms with E-state index in [1.165, 1.54) is 0 Å². The maximum absolute atomic E-state index is 12.6. The van der Waals surface area contributed by atoms with Crippen LogP contribution in [0.3, 0.4) is 0 Å². The Morgan fingerprint density at radius 1 is 1.08 bits per heavy atom. The van der Waals surface area contributed by atoms with Gasteiger partial charge < -0.3 is 25.0 Å². The van der Waals surface area contributed by atoms with Gasteiger partial charge in [-0.05, 0) is 55.8 Å². The van der Waals surface area contributed by atoms with Gasteiger partial charge in [0.25, 0.3) is 5.91 Å². The smallest absolute Gasteiger partial charge is 0.262 e. The first-order chi connectivity index (χ1) is 17.5. The van der Waals surface area contributed by atoms with E-state index in [0.29, 0.717) is 24.5 Å². The second-order valence-corrected chi connectivity index (χ2v) is 9.15. The van der Waals surface area contributed by atoms with Crippen molar-refractivity contribution in [2.24, 2.45) is 5.92 Å². The van der Waals surface area contributed by atoms with Crippen molar-refractivity contribution in [3.05, 3.63) is 54.1 Å². The van der Waals surface area contributed by atoms with Crippen LogP contribution in [0.25, 0.3) is 0 Å². The van der Waals surface area contributed by atoms with E-state index in [0.717, 1.165) is 50.5 Å². The predicted octanol–water partition coefficient (Wildman–Crippen LogP) is 2.20. The molecule has 192 valence electrons. The molecular formula is C27H34N4O5. The molecule has 0 aliphatic carbocycles. The molecule has 2 aliphatic rings. The molecule has 0 radical (unpaired) electrons. The zero-order valence-electron chi connectivity index (χ0n) is 20.7. The van der Waals surface area contributed by atoms with E-state index in [2.05, 4.69) is 15.5 Å². The van der Waals surface area contributed by atoms with Crippen LogP contribution < -0.4 is 20.3 Å². The minimum absolute atomic E-state index is 0.0743. The molecule has 0 spiro atoms. The molecule has 2 aliphatic heterocycles. The molecule has 9 heteroatoms. The number of rotatable bonds is 10. The molecule has 2 fully saturated rings. The fourth-order valence-electron chi connectivity index (χ4n) is 4.39. The van der Waals surface area contributed by atoms with Gasteiger partial charge in [0.15, 0.2) is 6.61 Å². The van der Waals surface area contributed by atoms with Crippen LogP contribution >= 0.6 is 0 Å². The van der Waals surface area contributed by atoms with E-state index in [4.69, 9.17) is 9.47 Å². The van der Waals surface area contributed by atoms with Gasteiger partial charge in [-0.15, -0.1) is 0 Å². The molecule has 0 unspecified atom stereocenters. The molecule has 4 rings (SSSR count). The lowest BCUT2D eigenvalue weighted by atomic mass is 10.1. The highest BCUT2D eigenvalue weighted by Crippen LogP contribution is 2.27. The van der Waals surface area contributed by atoms with Crippen molar-refractivity contribution in [1.29, 1.82) is 0 Å². The van der Waals surface area contributed by atoms with Gasteiger partial charge in [-0.25, -0.2) is 0 Å². The monoisotopic (exact) mass is 494 g/mol. The third kappa shape index (κ3) is 7.05. The number of nitrogens with one attached hydrogen (secondary N) is 2. The third-order valence-corrected chi connectivity index (χ3v) is 6.49. The lowest BCUT2D eigenvalue weighted by Gasteiger charge is -2.26. The van der Waals surface area contributed by atoms with Gasteiger partial charge in [-0.3, -0.25) is 19.3 Å². The first-order valence-electron chi connectivity index (χ1n) is 12.5. The molecule has 0 bridgehead atoms. The number of nitrogens with zero attached hydrogens (tertiary/aromatic N) is 2. The van der Waals surface area contributed by atoms with Crippen molar-refractivity contribution < 1.29 is 23.9 Å². The fourth-order valence-corrected chi connectivity index (χ4v) is 4.39. The van der Waals surface area contributed by atoms with E-state index < -0.39 is 0 Å². The molecule has 2 N–H and O–H groups in total. The molecule has 1 atom stereocenters. The largest absolute Gasteiger partial charge is 0.484 e. The van der Waals surface area contributed by atoms with E-state index in [-0.39, 0.29) is 36.7 Å². The predicted molar refractivity (Wildman–Crippen MR) is 137 cm³/mol. The van der Waals surface area contributed by atoms with Crippen molar-refractivity contribution >= 4 is 29.1 Å². The quantitative estimate of drug-likeness (QED) is 0.492. The van der Waals surface area contributed by atoms with E-state index in [1.807, 2.05) is 31.2 Å². The second kappa shape index (κ2) is 12.5. The Labute approximate surface area is 211 Å². The number of hydrogen-bond acceptors (Lipinski definition) is 6.